The van der Waals surface area contributed by atoms with Crippen LogP contribution in [0.4, 0.5) is 0 Å². The highest BCUT2D eigenvalue weighted by Crippen LogP contribution is 1.90. The summed E-state index contributed by atoms with van der Waals surface area (Å²) in [4.78, 5) is 45.3. The molecule has 3 N–H and O–H groups in total. The number of nitrogens with one attached hydrogen (secondary N) is 1. The maximum absolute atomic E-state index is 11.4. The van der Waals surface area contributed by atoms with Gasteiger partial charge in [-0.15, -0.1) is 0 Å². The summed E-state index contributed by atoms with van der Waals surface area (Å²) in [6.45, 7) is -0.729. The van der Waals surface area contributed by atoms with Gasteiger partial charge >= 0.3 is 17.6 Å². The molecule has 9 heteroatoms. The zero-order valence-corrected chi connectivity index (χ0v) is 9.20. The standard InChI is InChI=1S/C9H11N3O6/c13-6-1-4-12(9(18)10-6)11(5-8(16)17)3-2-7(14)15/h1,4H,2-3,5H2,(H,14,15)(H,16,17)(H,10,13,18). The topological polar surface area (TPSA) is 133 Å². The number of carbonyl (C=O) groups is 2. The fourth-order valence-corrected chi connectivity index (χ4v) is 1.28. The second kappa shape index (κ2) is 5.66. The molecule has 98 valence electrons. The van der Waals surface area contributed by atoms with Gasteiger partial charge in [0.1, 0.15) is 6.54 Å². The molecule has 0 radical (unpaired) electrons. The van der Waals surface area contributed by atoms with Gasteiger partial charge in [0.25, 0.3) is 5.56 Å². The van der Waals surface area contributed by atoms with E-state index in [1.54, 1.807) is 0 Å². The van der Waals surface area contributed by atoms with E-state index < -0.39 is 29.7 Å². The van der Waals surface area contributed by atoms with Gasteiger partial charge in [-0.25, -0.2) is 9.47 Å². The van der Waals surface area contributed by atoms with E-state index >= 15 is 0 Å². The third-order valence-electron chi connectivity index (χ3n) is 2.01. The van der Waals surface area contributed by atoms with Crippen LogP contribution in [0.5, 0.6) is 0 Å². The second-order valence-electron chi connectivity index (χ2n) is 3.38. The third kappa shape index (κ3) is 3.77. The molecule has 1 aromatic rings. The summed E-state index contributed by atoms with van der Waals surface area (Å²) in [5.74, 6) is -2.35. The number of aliphatic carboxylic acids is 2. The normalized spacial score (nSPS) is 10.0. The lowest BCUT2D eigenvalue weighted by atomic mass is 10.4. The lowest BCUT2D eigenvalue weighted by Crippen LogP contribution is -2.48. The molecule has 0 saturated heterocycles. The highest BCUT2D eigenvalue weighted by atomic mass is 16.4. The first-order valence-corrected chi connectivity index (χ1v) is 4.91. The molecule has 18 heavy (non-hydrogen) atoms. The molecule has 0 aliphatic rings. The molecular formula is C9H11N3O6. The Bertz CT molecular complexity index is 560. The Morgan fingerprint density at radius 3 is 2.44 bits per heavy atom. The molecule has 0 fully saturated rings. The molecule has 0 spiro atoms. The molecule has 0 aliphatic heterocycles. The van der Waals surface area contributed by atoms with Crippen molar-refractivity contribution in [2.75, 3.05) is 18.1 Å². The van der Waals surface area contributed by atoms with Crippen LogP contribution in [0.2, 0.25) is 0 Å². The molecule has 1 aromatic heterocycles. The van der Waals surface area contributed by atoms with Crippen LogP contribution < -0.4 is 16.3 Å². The summed E-state index contributed by atoms with van der Waals surface area (Å²) in [5.41, 5.74) is -1.45. The minimum Gasteiger partial charge on any atom is -0.481 e. The lowest BCUT2D eigenvalue weighted by molar-refractivity contribution is -0.138. The summed E-state index contributed by atoms with van der Waals surface area (Å²) in [7, 11) is 0. The Morgan fingerprint density at radius 2 is 1.94 bits per heavy atom. The average molecular weight is 257 g/mol. The zero-order chi connectivity index (χ0) is 13.7. The highest BCUT2D eigenvalue weighted by molar-refractivity contribution is 5.71. The average Bonchev–Trinajstić information content (AvgIpc) is 2.24. The number of nitrogens with zero attached hydrogens (tertiary/aromatic N) is 2. The van der Waals surface area contributed by atoms with Crippen LogP contribution in [0.25, 0.3) is 0 Å². The molecule has 0 bridgehead atoms. The van der Waals surface area contributed by atoms with Gasteiger partial charge in [-0.3, -0.25) is 24.4 Å². The SMILES string of the molecule is O=C(O)CCN(CC(=O)O)n1ccc(=O)[nH]c1=O. The van der Waals surface area contributed by atoms with Gasteiger partial charge in [-0.2, -0.15) is 0 Å². The van der Waals surface area contributed by atoms with Crippen molar-refractivity contribution in [3.05, 3.63) is 33.1 Å². The molecule has 1 heterocycles. The Balaban J connectivity index is 3.00. The van der Waals surface area contributed by atoms with Crippen LogP contribution in [0.1, 0.15) is 6.42 Å². The van der Waals surface area contributed by atoms with Gasteiger partial charge in [0.05, 0.1) is 6.42 Å². The molecule has 9 nitrogen and oxygen atoms in total. The summed E-state index contributed by atoms with van der Waals surface area (Å²) in [5, 5.41) is 18.2. The first-order valence-electron chi connectivity index (χ1n) is 4.91. The molecule has 1 rings (SSSR count). The van der Waals surface area contributed by atoms with Gasteiger partial charge in [0.15, 0.2) is 0 Å². The minimum absolute atomic E-state index is 0.173. The highest BCUT2D eigenvalue weighted by Gasteiger charge is 2.13. The van der Waals surface area contributed by atoms with Crippen LogP contribution in [0.15, 0.2) is 21.9 Å². The van der Waals surface area contributed by atoms with E-state index in [1.807, 2.05) is 4.98 Å². The smallest absolute Gasteiger partial charge is 0.347 e. The van der Waals surface area contributed by atoms with Crippen molar-refractivity contribution >= 4 is 11.9 Å². The second-order valence-corrected chi connectivity index (χ2v) is 3.38. The van der Waals surface area contributed by atoms with E-state index in [2.05, 4.69) is 0 Å². The van der Waals surface area contributed by atoms with Gasteiger partial charge in [-0.1, -0.05) is 0 Å². The predicted molar refractivity (Wildman–Crippen MR) is 59.2 cm³/mol. The van der Waals surface area contributed by atoms with Crippen LogP contribution >= 0.6 is 0 Å². The molecule has 0 aliphatic carbocycles. The lowest BCUT2D eigenvalue weighted by Gasteiger charge is -2.23. The summed E-state index contributed by atoms with van der Waals surface area (Å²) in [6.07, 6.45) is 0.755. The summed E-state index contributed by atoms with van der Waals surface area (Å²) >= 11 is 0. The molecule has 0 saturated carbocycles. The van der Waals surface area contributed by atoms with E-state index in [9.17, 15) is 19.2 Å². The van der Waals surface area contributed by atoms with Crippen LogP contribution in [0, 0.1) is 0 Å². The number of carboxylic acid groups (broad SMARTS) is 2. The summed E-state index contributed by atoms with van der Waals surface area (Å²) in [6, 6.07) is 1.04. The number of H-pyrrole nitrogens is 1. The van der Waals surface area contributed by atoms with E-state index in [4.69, 9.17) is 10.2 Å². The van der Waals surface area contributed by atoms with E-state index in [-0.39, 0.29) is 13.0 Å². The molecule has 0 atom stereocenters. The predicted octanol–water partition coefficient (Wildman–Crippen LogP) is -1.97. The fourth-order valence-electron chi connectivity index (χ4n) is 1.28. The fraction of sp³-hybridized carbons (Fsp3) is 0.333. The van der Waals surface area contributed by atoms with E-state index in [0.29, 0.717) is 0 Å². The van der Waals surface area contributed by atoms with Gasteiger partial charge < -0.3 is 10.2 Å². The maximum atomic E-state index is 11.4. The van der Waals surface area contributed by atoms with Crippen molar-refractivity contribution in [2.24, 2.45) is 0 Å². The summed E-state index contributed by atoms with van der Waals surface area (Å²) < 4.78 is 0.860. The Labute approximate surface area is 99.9 Å². The zero-order valence-electron chi connectivity index (χ0n) is 9.20. The largest absolute Gasteiger partial charge is 0.481 e. The number of carboxylic acids is 2. The van der Waals surface area contributed by atoms with E-state index in [1.165, 1.54) is 0 Å². The van der Waals surface area contributed by atoms with Crippen molar-refractivity contribution in [3.8, 4) is 0 Å². The number of hydrogen-bond acceptors (Lipinski definition) is 5. The van der Waals surface area contributed by atoms with Gasteiger partial charge in [0, 0.05) is 18.8 Å². The number of hydrogen-bond donors (Lipinski definition) is 3. The Kier molecular flexibility index (Phi) is 4.24. The van der Waals surface area contributed by atoms with Crippen molar-refractivity contribution in [1.82, 2.24) is 9.66 Å². The molecule has 0 amide bonds. The number of rotatable bonds is 6. The Hall–Kier alpha value is -2.58. The first kappa shape index (κ1) is 13.5. The van der Waals surface area contributed by atoms with Crippen molar-refractivity contribution in [2.45, 2.75) is 6.42 Å². The number of aromatic amines is 1. The van der Waals surface area contributed by atoms with Crippen LogP contribution in [-0.4, -0.2) is 44.9 Å². The maximum Gasteiger partial charge on any atom is 0.347 e. The quantitative estimate of drug-likeness (QED) is 0.538. The van der Waals surface area contributed by atoms with Crippen LogP contribution in [0.3, 0.4) is 0 Å². The first-order chi connectivity index (χ1) is 8.40. The molecule has 0 unspecified atom stereocenters. The Morgan fingerprint density at radius 1 is 1.28 bits per heavy atom. The van der Waals surface area contributed by atoms with Crippen molar-refractivity contribution < 1.29 is 19.8 Å². The monoisotopic (exact) mass is 257 g/mol. The minimum atomic E-state index is -1.22. The van der Waals surface area contributed by atoms with Crippen LogP contribution in [-0.2, 0) is 9.59 Å². The number of aromatic nitrogens is 2. The van der Waals surface area contributed by atoms with Crippen molar-refractivity contribution in [1.29, 1.82) is 0 Å². The molecule has 0 aromatic carbocycles. The molecular weight excluding hydrogens is 246 g/mol. The van der Waals surface area contributed by atoms with Gasteiger partial charge in [-0.05, 0) is 0 Å². The van der Waals surface area contributed by atoms with Gasteiger partial charge in [0.2, 0.25) is 0 Å². The third-order valence-corrected chi connectivity index (χ3v) is 2.01. The van der Waals surface area contributed by atoms with Crippen molar-refractivity contribution in [3.63, 3.8) is 0 Å². The van der Waals surface area contributed by atoms with E-state index in [0.717, 1.165) is 21.9 Å².